The van der Waals surface area contributed by atoms with Crippen molar-refractivity contribution in [2.24, 2.45) is 5.92 Å². The lowest BCUT2D eigenvalue weighted by molar-refractivity contribution is -0.741. The lowest BCUT2D eigenvalue weighted by Crippen LogP contribution is -2.42. The topological polar surface area (TPSA) is 80.1 Å². The smallest absolute Gasteiger partial charge is 0.303 e. The quantitative estimate of drug-likeness (QED) is 0.725. The number of carboxylic acid groups (broad SMARTS) is 1. The molecule has 0 atom stereocenters. The normalized spacial score (nSPS) is 10.8. The molecule has 1 aromatic rings. The highest BCUT2D eigenvalue weighted by Gasteiger charge is 2.09. The Morgan fingerprint density at radius 1 is 1.53 bits per heavy atom. The van der Waals surface area contributed by atoms with Crippen molar-refractivity contribution >= 4 is 11.8 Å². The number of nitrogens with zero attached hydrogens (tertiary/aromatic N) is 2. The van der Waals surface area contributed by atoms with E-state index in [1.54, 1.807) is 4.68 Å². The van der Waals surface area contributed by atoms with Gasteiger partial charge >= 0.3 is 5.97 Å². The zero-order chi connectivity index (χ0) is 12.8. The molecule has 0 fully saturated rings. The number of carboxylic acids is 1. The molecule has 94 valence electrons. The van der Waals surface area contributed by atoms with Gasteiger partial charge in [-0.2, -0.15) is 0 Å². The molecule has 5 heteroatoms. The van der Waals surface area contributed by atoms with Crippen LogP contribution in [-0.4, -0.2) is 16.2 Å². The zero-order valence-electron chi connectivity index (χ0n) is 10.4. The van der Waals surface area contributed by atoms with Crippen molar-refractivity contribution in [2.45, 2.75) is 39.7 Å². The monoisotopic (exact) mass is 238 g/mol. The molecule has 0 spiro atoms. The molecule has 0 bridgehead atoms. The predicted octanol–water partition coefficient (Wildman–Crippen LogP) is 1.01. The first-order chi connectivity index (χ1) is 7.99. The highest BCUT2D eigenvalue weighted by atomic mass is 16.4. The van der Waals surface area contributed by atoms with Crippen LogP contribution >= 0.6 is 0 Å². The van der Waals surface area contributed by atoms with Crippen molar-refractivity contribution < 1.29 is 14.6 Å². The molecular weight excluding hydrogens is 218 g/mol. The first-order valence-corrected chi connectivity index (χ1v) is 5.86. The van der Waals surface area contributed by atoms with E-state index in [4.69, 9.17) is 10.8 Å². The number of nitrogens with two attached hydrogens (primary N) is 1. The minimum atomic E-state index is -0.789. The molecule has 0 unspecified atom stereocenters. The number of nitrogen functional groups attached to an aromatic ring is 1. The van der Waals surface area contributed by atoms with Crippen LogP contribution in [0.3, 0.4) is 0 Å². The molecule has 0 aliphatic carbocycles. The molecule has 0 aliphatic heterocycles. The van der Waals surface area contributed by atoms with Gasteiger partial charge < -0.3 is 5.11 Å². The Hall–Kier alpha value is -1.65. The molecule has 0 saturated carbocycles. The highest BCUT2D eigenvalue weighted by molar-refractivity contribution is 5.66. The second-order valence-electron chi connectivity index (χ2n) is 4.57. The van der Waals surface area contributed by atoms with Crippen molar-refractivity contribution in [1.29, 1.82) is 0 Å². The number of hydrogen-bond acceptors (Lipinski definition) is 3. The Balaban J connectivity index is 2.66. The predicted molar refractivity (Wildman–Crippen MR) is 64.3 cm³/mol. The molecule has 17 heavy (non-hydrogen) atoms. The lowest BCUT2D eigenvalue weighted by Gasteiger charge is -2.05. The van der Waals surface area contributed by atoms with E-state index >= 15 is 0 Å². The molecule has 1 rings (SSSR count). The second kappa shape index (κ2) is 6.18. The average molecular weight is 238 g/mol. The summed E-state index contributed by atoms with van der Waals surface area (Å²) in [6.07, 6.45) is 1.59. The SMILES string of the molecule is CC(C)Cc1ccc(N)[n+](CCCC(=O)O)n1. The second-order valence-corrected chi connectivity index (χ2v) is 4.57. The van der Waals surface area contributed by atoms with Gasteiger partial charge in [0.2, 0.25) is 0 Å². The third-order valence-corrected chi connectivity index (χ3v) is 2.37. The molecule has 0 aliphatic rings. The van der Waals surface area contributed by atoms with Gasteiger partial charge in [0.1, 0.15) is 6.54 Å². The van der Waals surface area contributed by atoms with Crippen LogP contribution in [0.4, 0.5) is 5.82 Å². The maximum absolute atomic E-state index is 10.4. The van der Waals surface area contributed by atoms with Crippen molar-refractivity contribution in [2.75, 3.05) is 5.73 Å². The van der Waals surface area contributed by atoms with E-state index in [2.05, 4.69) is 18.9 Å². The molecule has 3 N–H and O–H groups in total. The van der Waals surface area contributed by atoms with Gasteiger partial charge in [-0.15, -0.1) is 4.68 Å². The molecule has 0 radical (unpaired) electrons. The highest BCUT2D eigenvalue weighted by Crippen LogP contribution is 2.04. The molecule has 0 aromatic carbocycles. The third-order valence-electron chi connectivity index (χ3n) is 2.37. The van der Waals surface area contributed by atoms with E-state index in [-0.39, 0.29) is 6.42 Å². The molecular formula is C12H20N3O2+. The number of rotatable bonds is 6. The fraction of sp³-hybridized carbons (Fsp3) is 0.583. The van der Waals surface area contributed by atoms with E-state index in [9.17, 15) is 4.79 Å². The molecule has 0 amide bonds. The van der Waals surface area contributed by atoms with E-state index in [0.717, 1.165) is 12.1 Å². The summed E-state index contributed by atoms with van der Waals surface area (Å²) in [4.78, 5) is 10.4. The maximum Gasteiger partial charge on any atom is 0.303 e. The summed E-state index contributed by atoms with van der Waals surface area (Å²) in [7, 11) is 0. The Bertz CT molecular complexity index is 391. The van der Waals surface area contributed by atoms with E-state index in [1.807, 2.05) is 12.1 Å². The average Bonchev–Trinajstić information content (AvgIpc) is 2.21. The Morgan fingerprint density at radius 3 is 2.82 bits per heavy atom. The number of anilines is 1. The number of aryl methyl sites for hydroxylation is 1. The standard InChI is InChI=1S/C12H19N3O2/c1-9(2)8-10-5-6-11(13)15(14-10)7-3-4-12(16)17/h5-6,9,13H,3-4,7-8H2,1-2H3,(H,16,17)/p+1. The van der Waals surface area contributed by atoms with Crippen LogP contribution in [-0.2, 0) is 17.8 Å². The summed E-state index contributed by atoms with van der Waals surface area (Å²) in [6.45, 7) is 4.81. The zero-order valence-corrected chi connectivity index (χ0v) is 10.4. The summed E-state index contributed by atoms with van der Waals surface area (Å²) in [5.74, 6) is 0.323. The van der Waals surface area contributed by atoms with Crippen LogP contribution < -0.4 is 10.4 Å². The minimum absolute atomic E-state index is 0.141. The van der Waals surface area contributed by atoms with Gasteiger partial charge in [-0.05, 0) is 24.8 Å². The Morgan fingerprint density at radius 2 is 2.24 bits per heavy atom. The van der Waals surface area contributed by atoms with Gasteiger partial charge in [-0.25, -0.2) is 0 Å². The van der Waals surface area contributed by atoms with Crippen molar-refractivity contribution in [1.82, 2.24) is 5.10 Å². The fourth-order valence-electron chi connectivity index (χ4n) is 1.60. The first-order valence-electron chi connectivity index (χ1n) is 5.86. The van der Waals surface area contributed by atoms with Gasteiger partial charge in [0, 0.05) is 12.5 Å². The van der Waals surface area contributed by atoms with Crippen LogP contribution in [0.25, 0.3) is 0 Å². The maximum atomic E-state index is 10.4. The Kier molecular flexibility index (Phi) is 4.87. The summed E-state index contributed by atoms with van der Waals surface area (Å²) >= 11 is 0. The molecule has 5 nitrogen and oxygen atoms in total. The third kappa shape index (κ3) is 4.80. The van der Waals surface area contributed by atoms with Crippen LogP contribution in [0.5, 0.6) is 0 Å². The van der Waals surface area contributed by atoms with Gasteiger partial charge in [0.25, 0.3) is 5.82 Å². The Labute approximate surface area is 101 Å². The van der Waals surface area contributed by atoms with Crippen LogP contribution in [0.1, 0.15) is 32.4 Å². The molecule has 0 saturated heterocycles. The fourth-order valence-corrected chi connectivity index (χ4v) is 1.60. The van der Waals surface area contributed by atoms with Crippen LogP contribution in [0.2, 0.25) is 0 Å². The van der Waals surface area contributed by atoms with Crippen LogP contribution in [0, 0.1) is 5.92 Å². The summed E-state index contributed by atoms with van der Waals surface area (Å²) in [6, 6.07) is 3.74. The van der Waals surface area contributed by atoms with Crippen molar-refractivity contribution in [3.05, 3.63) is 17.8 Å². The largest absolute Gasteiger partial charge is 0.481 e. The van der Waals surface area contributed by atoms with Gasteiger partial charge in [0.15, 0.2) is 0 Å². The molecule has 1 heterocycles. The molecule has 1 aromatic heterocycles. The van der Waals surface area contributed by atoms with Crippen molar-refractivity contribution in [3.63, 3.8) is 0 Å². The van der Waals surface area contributed by atoms with Crippen molar-refractivity contribution in [3.8, 4) is 0 Å². The summed E-state index contributed by atoms with van der Waals surface area (Å²) in [5.41, 5.74) is 6.78. The summed E-state index contributed by atoms with van der Waals surface area (Å²) < 4.78 is 1.68. The van der Waals surface area contributed by atoms with Crippen LogP contribution in [0.15, 0.2) is 12.1 Å². The van der Waals surface area contributed by atoms with Gasteiger partial charge in [-0.1, -0.05) is 18.9 Å². The van der Waals surface area contributed by atoms with E-state index in [1.165, 1.54) is 0 Å². The number of aliphatic carboxylic acids is 1. The minimum Gasteiger partial charge on any atom is -0.481 e. The number of aromatic nitrogens is 2. The first kappa shape index (κ1) is 13.4. The van der Waals surface area contributed by atoms with Gasteiger partial charge in [0.05, 0.1) is 5.69 Å². The number of hydrogen-bond donors (Lipinski definition) is 2. The number of carbonyl (C=O) groups is 1. The van der Waals surface area contributed by atoms with E-state index in [0.29, 0.717) is 24.7 Å². The van der Waals surface area contributed by atoms with Gasteiger partial charge in [-0.3, -0.25) is 10.5 Å². The summed E-state index contributed by atoms with van der Waals surface area (Å²) in [5, 5.41) is 13.0. The lowest BCUT2D eigenvalue weighted by atomic mass is 10.1. The van der Waals surface area contributed by atoms with E-state index < -0.39 is 5.97 Å².